The number of amides is 2. The first-order valence-corrected chi connectivity index (χ1v) is 12.3. The lowest BCUT2D eigenvalue weighted by atomic mass is 10.1. The molecule has 0 aromatic rings. The van der Waals surface area contributed by atoms with E-state index in [-0.39, 0.29) is 12.8 Å². The van der Waals surface area contributed by atoms with Gasteiger partial charge in [-0.2, -0.15) is 0 Å². The number of carbonyl (C=O) groups excluding carboxylic acids is 4. The van der Waals surface area contributed by atoms with Gasteiger partial charge in [-0.1, -0.05) is 6.92 Å². The normalized spacial score (nSPS) is 13.9. The molecular formula is C25H47N3O7. The number of hydrogen-bond donors (Lipinski definition) is 3. The zero-order valence-electron chi connectivity index (χ0n) is 23.0. The summed E-state index contributed by atoms with van der Waals surface area (Å²) in [6.07, 6.45) is 2.10. The predicted octanol–water partition coefficient (Wildman–Crippen LogP) is 3.35. The molecule has 0 aliphatic rings. The van der Waals surface area contributed by atoms with Gasteiger partial charge in [0.15, 0.2) is 0 Å². The van der Waals surface area contributed by atoms with Gasteiger partial charge < -0.3 is 30.6 Å². The van der Waals surface area contributed by atoms with E-state index in [4.69, 9.17) is 19.9 Å². The van der Waals surface area contributed by atoms with Crippen LogP contribution in [0.15, 0.2) is 0 Å². The Morgan fingerprint density at radius 1 is 0.743 bits per heavy atom. The van der Waals surface area contributed by atoms with Crippen molar-refractivity contribution in [2.24, 2.45) is 5.73 Å². The Labute approximate surface area is 210 Å². The first-order chi connectivity index (χ1) is 15.9. The van der Waals surface area contributed by atoms with E-state index in [1.807, 2.05) is 6.92 Å². The molecule has 35 heavy (non-hydrogen) atoms. The summed E-state index contributed by atoms with van der Waals surface area (Å²) in [6.45, 7) is 16.3. The van der Waals surface area contributed by atoms with Crippen LogP contribution in [0.4, 0.5) is 4.79 Å². The molecule has 0 heterocycles. The molecule has 0 rings (SSSR count). The lowest BCUT2D eigenvalue weighted by molar-refractivity contribution is -0.160. The number of nitrogens with two attached hydrogens (primary N) is 1. The molecule has 0 unspecified atom stereocenters. The molecule has 0 aliphatic carbocycles. The van der Waals surface area contributed by atoms with Gasteiger partial charge in [0.25, 0.3) is 0 Å². The van der Waals surface area contributed by atoms with Crippen molar-refractivity contribution >= 4 is 23.9 Å². The van der Waals surface area contributed by atoms with Crippen LogP contribution in [0.2, 0.25) is 0 Å². The molecule has 0 spiro atoms. The molecule has 204 valence electrons. The molecule has 0 radical (unpaired) electrons. The summed E-state index contributed by atoms with van der Waals surface area (Å²) in [5.74, 6) is -1.75. The molecule has 0 aromatic heterocycles. The fraction of sp³-hybridized carbons (Fsp3) is 0.840. The van der Waals surface area contributed by atoms with Crippen molar-refractivity contribution in [3.8, 4) is 0 Å². The zero-order chi connectivity index (χ0) is 27.4. The van der Waals surface area contributed by atoms with Crippen molar-refractivity contribution in [2.75, 3.05) is 6.54 Å². The average Bonchev–Trinajstić information content (AvgIpc) is 2.67. The van der Waals surface area contributed by atoms with Gasteiger partial charge in [0.05, 0.1) is 0 Å². The number of ether oxygens (including phenoxy) is 3. The van der Waals surface area contributed by atoms with Crippen molar-refractivity contribution in [3.05, 3.63) is 0 Å². The smallest absolute Gasteiger partial charge is 0.329 e. The fourth-order valence-electron chi connectivity index (χ4n) is 2.79. The van der Waals surface area contributed by atoms with Crippen LogP contribution < -0.4 is 16.4 Å². The number of rotatable bonds is 13. The summed E-state index contributed by atoms with van der Waals surface area (Å²) in [5.41, 5.74) is 3.40. The van der Waals surface area contributed by atoms with Crippen LogP contribution in [0, 0.1) is 0 Å². The monoisotopic (exact) mass is 501 g/mol. The Balaban J connectivity index is 5.43. The maximum absolute atomic E-state index is 12.8. The number of unbranched alkanes of at least 4 members (excludes halogenated alkanes) is 1. The van der Waals surface area contributed by atoms with Crippen LogP contribution in [-0.2, 0) is 28.6 Å². The van der Waals surface area contributed by atoms with Crippen molar-refractivity contribution < 1.29 is 33.4 Å². The summed E-state index contributed by atoms with van der Waals surface area (Å²) >= 11 is 0. The summed E-state index contributed by atoms with van der Waals surface area (Å²) in [7, 11) is 0. The topological polar surface area (TPSA) is 146 Å². The van der Waals surface area contributed by atoms with E-state index in [0.29, 0.717) is 32.2 Å². The number of hydrogen-bond acceptors (Lipinski definition) is 8. The van der Waals surface area contributed by atoms with Crippen LogP contribution >= 0.6 is 0 Å². The molecule has 10 nitrogen and oxygen atoms in total. The van der Waals surface area contributed by atoms with Gasteiger partial charge in [0.1, 0.15) is 28.9 Å². The van der Waals surface area contributed by atoms with Crippen molar-refractivity contribution in [3.63, 3.8) is 0 Å². The molecule has 0 fully saturated rings. The SMILES string of the molecule is CCC(C)(C)OC(=O)[C@@H](CCCCN)NC(=O)N[C@@H](CCC(=O)OC(C)(C)C)C(=O)OC(C)(C)C. The molecule has 2 amide bonds. The van der Waals surface area contributed by atoms with E-state index >= 15 is 0 Å². The predicted molar refractivity (Wildman–Crippen MR) is 134 cm³/mol. The first kappa shape index (κ1) is 32.6. The van der Waals surface area contributed by atoms with Crippen LogP contribution in [0.3, 0.4) is 0 Å². The summed E-state index contributed by atoms with van der Waals surface area (Å²) in [5, 5.41) is 5.15. The molecule has 10 heteroatoms. The third kappa shape index (κ3) is 16.0. The van der Waals surface area contributed by atoms with Crippen LogP contribution in [-0.4, -0.2) is 59.4 Å². The third-order valence-electron chi connectivity index (χ3n) is 4.82. The van der Waals surface area contributed by atoms with E-state index in [1.165, 1.54) is 0 Å². The summed E-state index contributed by atoms with van der Waals surface area (Å²) in [6, 6.07) is -2.78. The largest absolute Gasteiger partial charge is 0.460 e. The molecule has 0 saturated heterocycles. The Morgan fingerprint density at radius 3 is 1.69 bits per heavy atom. The minimum Gasteiger partial charge on any atom is -0.460 e. The average molecular weight is 502 g/mol. The highest BCUT2D eigenvalue weighted by molar-refractivity contribution is 5.87. The van der Waals surface area contributed by atoms with Crippen LogP contribution in [0.1, 0.15) is 101 Å². The number of carbonyl (C=O) groups is 4. The Morgan fingerprint density at radius 2 is 1.23 bits per heavy atom. The lowest BCUT2D eigenvalue weighted by Gasteiger charge is -2.28. The zero-order valence-corrected chi connectivity index (χ0v) is 23.0. The molecule has 0 aliphatic heterocycles. The number of esters is 3. The molecular weight excluding hydrogens is 454 g/mol. The summed E-state index contributed by atoms with van der Waals surface area (Å²) in [4.78, 5) is 50.4. The van der Waals surface area contributed by atoms with E-state index in [9.17, 15) is 19.2 Å². The van der Waals surface area contributed by atoms with E-state index < -0.39 is 52.8 Å². The molecule has 0 saturated carbocycles. The highest BCUT2D eigenvalue weighted by Crippen LogP contribution is 2.17. The third-order valence-corrected chi connectivity index (χ3v) is 4.82. The van der Waals surface area contributed by atoms with Gasteiger partial charge in [0.2, 0.25) is 0 Å². The van der Waals surface area contributed by atoms with Gasteiger partial charge in [-0.15, -0.1) is 0 Å². The number of urea groups is 1. The quantitative estimate of drug-likeness (QED) is 0.198. The second-order valence-electron chi connectivity index (χ2n) is 11.2. The highest BCUT2D eigenvalue weighted by Gasteiger charge is 2.31. The molecule has 4 N–H and O–H groups in total. The van der Waals surface area contributed by atoms with Crippen molar-refractivity contribution in [1.29, 1.82) is 0 Å². The molecule has 2 atom stereocenters. The highest BCUT2D eigenvalue weighted by atomic mass is 16.6. The minimum absolute atomic E-state index is 0.0254. The van der Waals surface area contributed by atoms with Gasteiger partial charge in [-0.25, -0.2) is 14.4 Å². The van der Waals surface area contributed by atoms with Crippen molar-refractivity contribution in [1.82, 2.24) is 10.6 Å². The fourth-order valence-corrected chi connectivity index (χ4v) is 2.79. The standard InChI is InChI=1S/C25H47N3O7/c1-10-25(8,9)35-21(31)17(13-11-12-16-26)27-22(32)28-18(20(30)34-24(5,6)7)14-15-19(29)33-23(2,3)4/h17-18H,10-16,26H2,1-9H3,(H2,27,28,32)/t17-,18+/m1/s1. The van der Waals surface area contributed by atoms with Crippen molar-refractivity contribution in [2.45, 2.75) is 130 Å². The van der Waals surface area contributed by atoms with Gasteiger partial charge in [-0.05, 0) is 94.0 Å². The first-order valence-electron chi connectivity index (χ1n) is 12.3. The second kappa shape index (κ2) is 14.3. The Hall–Kier alpha value is -2.36. The second-order valence-corrected chi connectivity index (χ2v) is 11.2. The van der Waals surface area contributed by atoms with Crippen LogP contribution in [0.5, 0.6) is 0 Å². The minimum atomic E-state index is -1.12. The van der Waals surface area contributed by atoms with E-state index in [2.05, 4.69) is 10.6 Å². The maximum atomic E-state index is 12.8. The molecule has 0 bridgehead atoms. The number of nitrogens with one attached hydrogen (secondary N) is 2. The van der Waals surface area contributed by atoms with Crippen LogP contribution in [0.25, 0.3) is 0 Å². The Kier molecular flexibility index (Phi) is 13.3. The summed E-state index contributed by atoms with van der Waals surface area (Å²) < 4.78 is 16.3. The van der Waals surface area contributed by atoms with Gasteiger partial charge in [0, 0.05) is 6.42 Å². The Bertz CT molecular complexity index is 709. The van der Waals surface area contributed by atoms with Gasteiger partial charge in [-0.3, -0.25) is 4.79 Å². The maximum Gasteiger partial charge on any atom is 0.329 e. The van der Waals surface area contributed by atoms with E-state index in [1.54, 1.807) is 55.4 Å². The van der Waals surface area contributed by atoms with E-state index in [0.717, 1.165) is 0 Å². The molecule has 0 aromatic carbocycles. The lowest BCUT2D eigenvalue weighted by Crippen LogP contribution is -2.53. The van der Waals surface area contributed by atoms with Gasteiger partial charge >= 0.3 is 23.9 Å².